The summed E-state index contributed by atoms with van der Waals surface area (Å²) in [4.78, 5) is 4.09. The first-order chi connectivity index (χ1) is 8.39. The zero-order chi connectivity index (χ0) is 13.3. The summed E-state index contributed by atoms with van der Waals surface area (Å²) in [6, 6.07) is 4.26. The van der Waals surface area contributed by atoms with Crippen molar-refractivity contribution in [3.63, 3.8) is 0 Å². The van der Waals surface area contributed by atoms with Crippen molar-refractivity contribution in [2.75, 3.05) is 0 Å². The van der Waals surface area contributed by atoms with Gasteiger partial charge in [-0.2, -0.15) is 13.2 Å². The van der Waals surface area contributed by atoms with E-state index in [4.69, 9.17) is 5.73 Å². The Kier molecular flexibility index (Phi) is 3.74. The highest BCUT2D eigenvalue weighted by Gasteiger charge is 2.30. The molecule has 1 aromatic carbocycles. The van der Waals surface area contributed by atoms with Crippen molar-refractivity contribution in [3.05, 3.63) is 50.4 Å². The first-order valence-corrected chi connectivity index (χ1v) is 6.58. The van der Waals surface area contributed by atoms with Crippen LogP contribution in [0.4, 0.5) is 13.2 Å². The van der Waals surface area contributed by atoms with Gasteiger partial charge in [-0.25, -0.2) is 4.98 Å². The summed E-state index contributed by atoms with van der Waals surface area (Å²) in [5.74, 6) is 0. The Bertz CT molecular complexity index is 536. The molecule has 2 aromatic rings. The Morgan fingerprint density at radius 1 is 1.22 bits per heavy atom. The van der Waals surface area contributed by atoms with E-state index in [1.807, 2.05) is 0 Å². The number of benzene rings is 1. The molecule has 0 amide bonds. The van der Waals surface area contributed by atoms with Gasteiger partial charge in [-0.05, 0) is 33.6 Å². The molecule has 2 N–H and O–H groups in total. The van der Waals surface area contributed by atoms with Crippen molar-refractivity contribution in [1.29, 1.82) is 0 Å². The molecule has 96 valence electrons. The van der Waals surface area contributed by atoms with Crippen molar-refractivity contribution in [3.8, 4) is 0 Å². The Morgan fingerprint density at radius 3 is 2.28 bits per heavy atom. The van der Waals surface area contributed by atoms with Crippen LogP contribution in [0.15, 0.2) is 33.6 Å². The molecular formula is C11H8BrF3N2S. The molecule has 1 atom stereocenters. The highest BCUT2D eigenvalue weighted by Crippen LogP contribution is 2.32. The summed E-state index contributed by atoms with van der Waals surface area (Å²) in [6.07, 6.45) is -4.33. The zero-order valence-corrected chi connectivity index (χ0v) is 11.3. The van der Waals surface area contributed by atoms with Crippen molar-refractivity contribution in [1.82, 2.24) is 4.98 Å². The maximum Gasteiger partial charge on any atom is 0.416 e. The molecule has 0 aliphatic carbocycles. The van der Waals surface area contributed by atoms with Crippen molar-refractivity contribution >= 4 is 27.3 Å². The normalized spacial score (nSPS) is 13.6. The van der Waals surface area contributed by atoms with E-state index < -0.39 is 17.8 Å². The van der Waals surface area contributed by atoms with Crippen LogP contribution in [0.5, 0.6) is 0 Å². The topological polar surface area (TPSA) is 38.9 Å². The lowest BCUT2D eigenvalue weighted by molar-refractivity contribution is -0.137. The minimum absolute atomic E-state index is 0.534. The maximum absolute atomic E-state index is 12.4. The minimum Gasteiger partial charge on any atom is -0.319 e. The molecular weight excluding hydrogens is 329 g/mol. The standard InChI is InChI=1S/C11H8BrF3N2S/c12-10-9(17-5-18-10)8(16)6-1-3-7(4-2-6)11(13,14)15/h1-5,8H,16H2. The van der Waals surface area contributed by atoms with E-state index in [1.54, 1.807) is 5.51 Å². The molecule has 0 bridgehead atoms. The first kappa shape index (κ1) is 13.5. The van der Waals surface area contributed by atoms with Crippen molar-refractivity contribution in [2.24, 2.45) is 5.73 Å². The minimum atomic E-state index is -4.33. The average molecular weight is 337 g/mol. The molecule has 0 fully saturated rings. The quantitative estimate of drug-likeness (QED) is 0.901. The molecule has 0 saturated heterocycles. The molecule has 1 unspecified atom stereocenters. The SMILES string of the molecule is NC(c1ccc(C(F)(F)F)cc1)c1ncsc1Br. The number of nitrogens with zero attached hydrogens (tertiary/aromatic N) is 1. The second kappa shape index (κ2) is 4.99. The third-order valence-electron chi connectivity index (χ3n) is 2.44. The van der Waals surface area contributed by atoms with Crippen LogP contribution in [-0.2, 0) is 6.18 Å². The Hall–Kier alpha value is -0.920. The summed E-state index contributed by atoms with van der Waals surface area (Å²) >= 11 is 4.69. The number of thiazole rings is 1. The van der Waals surface area contributed by atoms with Crippen LogP contribution in [0.2, 0.25) is 0 Å². The number of rotatable bonds is 2. The molecule has 7 heteroatoms. The molecule has 1 heterocycles. The monoisotopic (exact) mass is 336 g/mol. The van der Waals surface area contributed by atoms with Crippen molar-refractivity contribution in [2.45, 2.75) is 12.2 Å². The number of nitrogens with two attached hydrogens (primary N) is 1. The number of alkyl halides is 3. The highest BCUT2D eigenvalue weighted by molar-refractivity contribution is 9.11. The van der Waals surface area contributed by atoms with E-state index in [1.165, 1.54) is 23.5 Å². The number of aromatic nitrogens is 1. The Balaban J connectivity index is 2.28. The van der Waals surface area contributed by atoms with Crippen LogP contribution in [0.3, 0.4) is 0 Å². The molecule has 0 aliphatic heterocycles. The van der Waals surface area contributed by atoms with E-state index in [0.717, 1.165) is 15.9 Å². The third kappa shape index (κ3) is 2.73. The largest absolute Gasteiger partial charge is 0.416 e. The van der Waals surface area contributed by atoms with Crippen LogP contribution in [0.1, 0.15) is 22.9 Å². The first-order valence-electron chi connectivity index (χ1n) is 4.91. The summed E-state index contributed by atoms with van der Waals surface area (Å²) < 4.78 is 38.0. The fourth-order valence-corrected chi connectivity index (χ4v) is 2.64. The molecule has 0 radical (unpaired) electrons. The summed E-state index contributed by atoms with van der Waals surface area (Å²) in [6.45, 7) is 0. The van der Waals surface area contributed by atoms with Gasteiger partial charge in [0.2, 0.25) is 0 Å². The molecule has 0 aliphatic rings. The fourth-order valence-electron chi connectivity index (χ4n) is 1.48. The van der Waals surface area contributed by atoms with Gasteiger partial charge in [0.1, 0.15) is 0 Å². The maximum atomic E-state index is 12.4. The predicted molar refractivity (Wildman–Crippen MR) is 67.3 cm³/mol. The van der Waals surface area contributed by atoms with Gasteiger partial charge >= 0.3 is 6.18 Å². The van der Waals surface area contributed by atoms with Crippen molar-refractivity contribution < 1.29 is 13.2 Å². The number of hydrogen-bond donors (Lipinski definition) is 1. The molecule has 18 heavy (non-hydrogen) atoms. The lowest BCUT2D eigenvalue weighted by Crippen LogP contribution is -2.13. The molecule has 1 aromatic heterocycles. The van der Waals surface area contributed by atoms with Gasteiger partial charge < -0.3 is 5.73 Å². The van der Waals surface area contributed by atoms with Gasteiger partial charge in [-0.15, -0.1) is 11.3 Å². The molecule has 0 saturated carbocycles. The highest BCUT2D eigenvalue weighted by atomic mass is 79.9. The van der Waals surface area contributed by atoms with Crippen LogP contribution >= 0.6 is 27.3 Å². The molecule has 2 rings (SSSR count). The summed E-state index contributed by atoms with van der Waals surface area (Å²) in [5, 5.41) is 0. The van der Waals surface area contributed by atoms with Crippen LogP contribution < -0.4 is 5.73 Å². The fraction of sp³-hybridized carbons (Fsp3) is 0.182. The Labute approximate surface area is 114 Å². The van der Waals surface area contributed by atoms with E-state index in [2.05, 4.69) is 20.9 Å². The smallest absolute Gasteiger partial charge is 0.319 e. The number of hydrogen-bond acceptors (Lipinski definition) is 3. The number of halogens is 4. The van der Waals surface area contributed by atoms with E-state index in [-0.39, 0.29) is 0 Å². The van der Waals surface area contributed by atoms with Crippen LogP contribution in [0, 0.1) is 0 Å². The van der Waals surface area contributed by atoms with Gasteiger partial charge in [-0.1, -0.05) is 12.1 Å². The van der Waals surface area contributed by atoms with E-state index in [9.17, 15) is 13.2 Å². The van der Waals surface area contributed by atoms with Crippen LogP contribution in [0.25, 0.3) is 0 Å². The third-order valence-corrected chi connectivity index (χ3v) is 4.03. The lowest BCUT2D eigenvalue weighted by atomic mass is 10.0. The van der Waals surface area contributed by atoms with E-state index >= 15 is 0 Å². The van der Waals surface area contributed by atoms with Gasteiger partial charge in [-0.3, -0.25) is 0 Å². The second-order valence-corrected chi connectivity index (χ2v) is 5.78. The van der Waals surface area contributed by atoms with Gasteiger partial charge in [0.05, 0.1) is 26.6 Å². The van der Waals surface area contributed by atoms with Gasteiger partial charge in [0, 0.05) is 0 Å². The van der Waals surface area contributed by atoms with E-state index in [0.29, 0.717) is 11.3 Å². The summed E-state index contributed by atoms with van der Waals surface area (Å²) in [7, 11) is 0. The second-order valence-electron chi connectivity index (χ2n) is 3.61. The molecule has 2 nitrogen and oxygen atoms in total. The lowest BCUT2D eigenvalue weighted by Gasteiger charge is -2.12. The Morgan fingerprint density at radius 2 is 1.83 bits per heavy atom. The molecule has 0 spiro atoms. The summed E-state index contributed by atoms with van der Waals surface area (Å²) in [5.41, 5.74) is 8.11. The van der Waals surface area contributed by atoms with Gasteiger partial charge in [0.15, 0.2) is 0 Å². The zero-order valence-electron chi connectivity index (χ0n) is 8.91. The average Bonchev–Trinajstić information content (AvgIpc) is 2.73. The van der Waals surface area contributed by atoms with Gasteiger partial charge in [0.25, 0.3) is 0 Å². The van der Waals surface area contributed by atoms with Crippen LogP contribution in [-0.4, -0.2) is 4.98 Å². The predicted octanol–water partition coefficient (Wildman–Crippen LogP) is 3.97.